The van der Waals surface area contributed by atoms with E-state index in [1.165, 1.54) is 11.4 Å². The first kappa shape index (κ1) is 18.4. The Balaban J connectivity index is 2.35. The average molecular weight is 360 g/mol. The maximum absolute atomic E-state index is 12.8. The van der Waals surface area contributed by atoms with Gasteiger partial charge in [0.05, 0.1) is 16.4 Å². The Morgan fingerprint density at radius 3 is 2.04 bits per heavy atom. The third-order valence-electron chi connectivity index (χ3n) is 4.62. The van der Waals surface area contributed by atoms with Gasteiger partial charge >= 0.3 is 0 Å². The summed E-state index contributed by atoms with van der Waals surface area (Å²) in [7, 11) is -5.43. The molecule has 2 rings (SSSR count). The van der Waals surface area contributed by atoms with Gasteiger partial charge in [0.15, 0.2) is 9.84 Å². The zero-order valence-corrected chi connectivity index (χ0v) is 16.0. The minimum atomic E-state index is -3.72. The molecule has 1 aromatic carbocycles. The molecule has 0 amide bonds. The normalized spacial score (nSPS) is 25.0. The average Bonchev–Trinajstić information content (AvgIpc) is 2.72. The van der Waals surface area contributed by atoms with Crippen LogP contribution in [0.5, 0.6) is 0 Å². The molecule has 5 nitrogen and oxygen atoms in total. The standard InChI is InChI=1S/C16H25NO4S2/c1-15(2,3)13-6-8-14(9-7-13)23(20,21)17(5)16(4)10-11-22(18,19)12-16/h6-9H,10-12H2,1-5H3/t16-/m0/s1. The molecule has 1 atom stereocenters. The third kappa shape index (κ3) is 3.61. The zero-order chi connectivity index (χ0) is 17.7. The Morgan fingerprint density at radius 1 is 1.13 bits per heavy atom. The molecule has 1 heterocycles. The zero-order valence-electron chi connectivity index (χ0n) is 14.3. The first-order chi connectivity index (χ1) is 10.3. The molecule has 23 heavy (non-hydrogen) atoms. The highest BCUT2D eigenvalue weighted by Gasteiger charge is 2.46. The van der Waals surface area contributed by atoms with Crippen molar-refractivity contribution in [1.82, 2.24) is 4.31 Å². The lowest BCUT2D eigenvalue weighted by atomic mass is 9.87. The molecule has 0 aromatic heterocycles. The van der Waals surface area contributed by atoms with Gasteiger partial charge in [-0.1, -0.05) is 32.9 Å². The van der Waals surface area contributed by atoms with E-state index < -0.39 is 25.4 Å². The molecule has 1 fully saturated rings. The van der Waals surface area contributed by atoms with Crippen LogP contribution in [0, 0.1) is 0 Å². The van der Waals surface area contributed by atoms with E-state index in [1.807, 2.05) is 12.1 Å². The summed E-state index contributed by atoms with van der Waals surface area (Å²) in [5, 5.41) is 0. The van der Waals surface area contributed by atoms with Crippen LogP contribution >= 0.6 is 0 Å². The first-order valence-electron chi connectivity index (χ1n) is 7.58. The van der Waals surface area contributed by atoms with E-state index in [0.29, 0.717) is 6.42 Å². The van der Waals surface area contributed by atoms with E-state index in [-0.39, 0.29) is 21.8 Å². The van der Waals surface area contributed by atoms with Gasteiger partial charge in [-0.05, 0) is 36.5 Å². The van der Waals surface area contributed by atoms with Gasteiger partial charge in [-0.3, -0.25) is 0 Å². The second-order valence-electron chi connectivity index (χ2n) is 7.59. The Kier molecular flexibility index (Phi) is 4.46. The van der Waals surface area contributed by atoms with E-state index in [4.69, 9.17) is 0 Å². The number of hydrogen-bond donors (Lipinski definition) is 0. The van der Waals surface area contributed by atoms with Crippen LogP contribution in [0.25, 0.3) is 0 Å². The molecular formula is C16H25NO4S2. The molecule has 1 aromatic rings. The van der Waals surface area contributed by atoms with Gasteiger partial charge in [0.1, 0.15) is 0 Å². The Bertz CT molecular complexity index is 789. The molecule has 1 aliphatic rings. The van der Waals surface area contributed by atoms with Crippen LogP contribution in [0.15, 0.2) is 29.2 Å². The summed E-state index contributed by atoms with van der Waals surface area (Å²) >= 11 is 0. The number of rotatable bonds is 3. The Labute approximate surface area is 139 Å². The molecule has 0 radical (unpaired) electrons. The number of hydrogen-bond acceptors (Lipinski definition) is 4. The highest BCUT2D eigenvalue weighted by molar-refractivity contribution is 7.92. The second-order valence-corrected chi connectivity index (χ2v) is 11.7. The summed E-state index contributed by atoms with van der Waals surface area (Å²) in [6, 6.07) is 6.82. The Hall–Kier alpha value is -0.920. The maximum atomic E-state index is 12.8. The van der Waals surface area contributed by atoms with Crippen molar-refractivity contribution in [2.45, 2.75) is 50.0 Å². The molecule has 0 spiro atoms. The highest BCUT2D eigenvalue weighted by atomic mass is 32.2. The van der Waals surface area contributed by atoms with Gasteiger partial charge in [-0.25, -0.2) is 16.8 Å². The first-order valence-corrected chi connectivity index (χ1v) is 10.8. The molecule has 0 saturated carbocycles. The van der Waals surface area contributed by atoms with Crippen LogP contribution in [0.4, 0.5) is 0 Å². The SMILES string of the molecule is CN([C@@]1(C)CCS(=O)(=O)C1)S(=O)(=O)c1ccc(C(C)(C)C)cc1. The summed E-state index contributed by atoms with van der Waals surface area (Å²) in [4.78, 5) is 0.193. The summed E-state index contributed by atoms with van der Waals surface area (Å²) < 4.78 is 50.4. The van der Waals surface area contributed by atoms with Gasteiger partial charge in [0, 0.05) is 12.6 Å². The van der Waals surface area contributed by atoms with Crippen LogP contribution in [-0.2, 0) is 25.3 Å². The molecule has 130 valence electrons. The minimum Gasteiger partial charge on any atom is -0.229 e. The molecule has 0 N–H and O–H groups in total. The molecule has 0 bridgehead atoms. The van der Waals surface area contributed by atoms with Crippen molar-refractivity contribution in [2.24, 2.45) is 0 Å². The van der Waals surface area contributed by atoms with E-state index in [9.17, 15) is 16.8 Å². The fourth-order valence-electron chi connectivity index (χ4n) is 2.82. The van der Waals surface area contributed by atoms with Crippen LogP contribution < -0.4 is 0 Å². The lowest BCUT2D eigenvalue weighted by Crippen LogP contribution is -2.48. The second kappa shape index (κ2) is 5.57. The van der Waals surface area contributed by atoms with Crippen LogP contribution in [0.2, 0.25) is 0 Å². The smallest absolute Gasteiger partial charge is 0.229 e. The lowest BCUT2D eigenvalue weighted by Gasteiger charge is -2.33. The molecule has 1 saturated heterocycles. The topological polar surface area (TPSA) is 71.5 Å². The fourth-order valence-corrected chi connectivity index (χ4v) is 6.61. The van der Waals surface area contributed by atoms with Crippen molar-refractivity contribution >= 4 is 19.9 Å². The molecule has 0 unspecified atom stereocenters. The van der Waals surface area contributed by atoms with Gasteiger partial charge in [-0.2, -0.15) is 4.31 Å². The summed E-state index contributed by atoms with van der Waals surface area (Å²) in [5.41, 5.74) is 0.105. The van der Waals surface area contributed by atoms with Crippen molar-refractivity contribution in [3.05, 3.63) is 29.8 Å². The predicted octanol–water partition coefficient (Wildman–Crippen LogP) is 2.18. The van der Waals surface area contributed by atoms with Gasteiger partial charge < -0.3 is 0 Å². The minimum absolute atomic E-state index is 0.0340. The van der Waals surface area contributed by atoms with E-state index in [0.717, 1.165) is 5.56 Å². The number of sulfone groups is 1. The maximum Gasteiger partial charge on any atom is 0.243 e. The van der Waals surface area contributed by atoms with E-state index in [1.54, 1.807) is 19.1 Å². The van der Waals surface area contributed by atoms with Crippen molar-refractivity contribution < 1.29 is 16.8 Å². The summed E-state index contributed by atoms with van der Waals surface area (Å²) in [6.45, 7) is 7.88. The van der Waals surface area contributed by atoms with E-state index in [2.05, 4.69) is 20.8 Å². The fraction of sp³-hybridized carbons (Fsp3) is 0.625. The molecule has 1 aliphatic heterocycles. The Morgan fingerprint density at radius 2 is 1.65 bits per heavy atom. The van der Waals surface area contributed by atoms with Gasteiger partial charge in [0.25, 0.3) is 0 Å². The lowest BCUT2D eigenvalue weighted by molar-refractivity contribution is 0.272. The van der Waals surface area contributed by atoms with Crippen molar-refractivity contribution in [3.8, 4) is 0 Å². The number of nitrogens with zero attached hydrogens (tertiary/aromatic N) is 1. The predicted molar refractivity (Wildman–Crippen MR) is 91.8 cm³/mol. The van der Waals surface area contributed by atoms with E-state index >= 15 is 0 Å². The van der Waals surface area contributed by atoms with Crippen molar-refractivity contribution in [2.75, 3.05) is 18.6 Å². The summed E-state index contributed by atoms with van der Waals surface area (Å²) in [6.07, 6.45) is 0.325. The van der Waals surface area contributed by atoms with Crippen LogP contribution in [-0.4, -0.2) is 45.2 Å². The molecule has 7 heteroatoms. The molecular weight excluding hydrogens is 334 g/mol. The highest BCUT2D eigenvalue weighted by Crippen LogP contribution is 2.33. The monoisotopic (exact) mass is 359 g/mol. The van der Waals surface area contributed by atoms with Gasteiger partial charge in [-0.15, -0.1) is 0 Å². The number of sulfonamides is 1. The molecule has 0 aliphatic carbocycles. The third-order valence-corrected chi connectivity index (χ3v) is 8.54. The van der Waals surface area contributed by atoms with Crippen molar-refractivity contribution in [3.63, 3.8) is 0 Å². The largest absolute Gasteiger partial charge is 0.243 e. The van der Waals surface area contributed by atoms with Gasteiger partial charge in [0.2, 0.25) is 10.0 Å². The quantitative estimate of drug-likeness (QED) is 0.829. The van der Waals surface area contributed by atoms with Crippen LogP contribution in [0.1, 0.15) is 39.7 Å². The summed E-state index contributed by atoms with van der Waals surface area (Å²) in [5.74, 6) is -0.0951. The van der Waals surface area contributed by atoms with Crippen LogP contribution in [0.3, 0.4) is 0 Å². The van der Waals surface area contributed by atoms with Crippen molar-refractivity contribution in [1.29, 1.82) is 0 Å². The number of benzene rings is 1.